The molecule has 2 heterocycles. The van der Waals surface area contributed by atoms with Gasteiger partial charge in [-0.1, -0.05) is 0 Å². The van der Waals surface area contributed by atoms with E-state index in [0.29, 0.717) is 28.1 Å². The molecule has 1 N–H and O–H groups in total. The van der Waals surface area contributed by atoms with E-state index >= 15 is 0 Å². The van der Waals surface area contributed by atoms with Crippen molar-refractivity contribution in [1.29, 1.82) is 0 Å². The van der Waals surface area contributed by atoms with Gasteiger partial charge >= 0.3 is 5.97 Å². The number of hydrogen-bond donors (Lipinski definition) is 1. The van der Waals surface area contributed by atoms with Gasteiger partial charge in [-0.3, -0.25) is 9.78 Å². The fraction of sp³-hybridized carbons (Fsp3) is 0.136. The second-order valence-corrected chi connectivity index (χ2v) is 6.51. The van der Waals surface area contributed by atoms with Crippen molar-refractivity contribution in [3.8, 4) is 17.0 Å². The predicted molar refractivity (Wildman–Crippen MR) is 104 cm³/mol. The van der Waals surface area contributed by atoms with Gasteiger partial charge in [0.05, 0.1) is 24.4 Å². The Morgan fingerprint density at radius 2 is 1.93 bits per heavy atom. The molecule has 7 heteroatoms. The van der Waals surface area contributed by atoms with Crippen molar-refractivity contribution >= 4 is 17.6 Å². The molecule has 0 unspecified atom stereocenters. The van der Waals surface area contributed by atoms with Gasteiger partial charge in [-0.05, 0) is 55.5 Å². The quantitative estimate of drug-likeness (QED) is 0.681. The fourth-order valence-corrected chi connectivity index (χ4v) is 3.36. The van der Waals surface area contributed by atoms with E-state index in [-0.39, 0.29) is 36.2 Å². The zero-order valence-electron chi connectivity index (χ0n) is 15.6. The number of halogens is 1. The van der Waals surface area contributed by atoms with Gasteiger partial charge in [0, 0.05) is 28.6 Å². The Morgan fingerprint density at radius 3 is 2.62 bits per heavy atom. The molecule has 146 valence electrons. The molecule has 0 saturated carbocycles. The summed E-state index contributed by atoms with van der Waals surface area (Å²) in [7, 11) is 0. The van der Waals surface area contributed by atoms with E-state index < -0.39 is 5.97 Å². The molecule has 3 aromatic rings. The van der Waals surface area contributed by atoms with Crippen LogP contribution in [0.3, 0.4) is 0 Å². The molecule has 0 spiro atoms. The maximum Gasteiger partial charge on any atom is 0.338 e. The smallest absolute Gasteiger partial charge is 0.338 e. The van der Waals surface area contributed by atoms with Crippen molar-refractivity contribution in [3.05, 3.63) is 77.2 Å². The molecule has 1 aliphatic rings. The number of amides is 1. The summed E-state index contributed by atoms with van der Waals surface area (Å²) in [4.78, 5) is 30.6. The Kier molecular flexibility index (Phi) is 4.72. The number of benzene rings is 2. The number of rotatable bonds is 4. The minimum atomic E-state index is -0.529. The zero-order chi connectivity index (χ0) is 20.5. The molecule has 1 aromatic heterocycles. The van der Waals surface area contributed by atoms with Crippen LogP contribution in [0.25, 0.3) is 11.3 Å². The van der Waals surface area contributed by atoms with Gasteiger partial charge in [0.25, 0.3) is 5.91 Å². The Labute approximate surface area is 166 Å². The van der Waals surface area contributed by atoms with Crippen LogP contribution in [0.15, 0.2) is 54.7 Å². The standard InChI is InChI=1S/C22H17FN2O4/c1-2-29-22(28)13-3-8-17(19(26)11-13)20-18-12-25(15-6-4-14(23)5-7-15)21(27)16(18)9-10-24-20/h3-11,26H,2,12H2,1H3. The number of aromatic nitrogens is 1. The van der Waals surface area contributed by atoms with E-state index in [1.165, 1.54) is 41.4 Å². The number of carbonyl (C=O) groups is 2. The average molecular weight is 392 g/mol. The van der Waals surface area contributed by atoms with Crippen LogP contribution < -0.4 is 4.90 Å². The lowest BCUT2D eigenvalue weighted by atomic mass is 10.0. The van der Waals surface area contributed by atoms with E-state index in [2.05, 4.69) is 4.98 Å². The van der Waals surface area contributed by atoms with Crippen molar-refractivity contribution < 1.29 is 23.8 Å². The van der Waals surface area contributed by atoms with Crippen LogP contribution >= 0.6 is 0 Å². The molecule has 0 bridgehead atoms. The summed E-state index contributed by atoms with van der Waals surface area (Å²) in [5.74, 6) is -1.27. The Hall–Kier alpha value is -3.74. The van der Waals surface area contributed by atoms with Crippen LogP contribution in [0.1, 0.15) is 33.2 Å². The Bertz CT molecular complexity index is 1110. The highest BCUT2D eigenvalue weighted by Gasteiger charge is 2.32. The molecule has 0 aliphatic carbocycles. The molecular weight excluding hydrogens is 375 g/mol. The zero-order valence-corrected chi connectivity index (χ0v) is 15.6. The monoisotopic (exact) mass is 392 g/mol. The lowest BCUT2D eigenvalue weighted by molar-refractivity contribution is 0.0526. The van der Waals surface area contributed by atoms with Crippen LogP contribution in [0.2, 0.25) is 0 Å². The lowest BCUT2D eigenvalue weighted by Gasteiger charge is -2.15. The molecule has 4 rings (SSSR count). The molecule has 1 amide bonds. The number of phenolic OH excluding ortho intramolecular Hbond substituents is 1. The predicted octanol–water partition coefficient (Wildman–Crippen LogP) is 3.93. The van der Waals surface area contributed by atoms with E-state index in [1.54, 1.807) is 25.1 Å². The first-order valence-electron chi connectivity index (χ1n) is 9.05. The number of aromatic hydroxyl groups is 1. The van der Waals surface area contributed by atoms with Gasteiger partial charge in [0.1, 0.15) is 11.6 Å². The van der Waals surface area contributed by atoms with Gasteiger partial charge in [0.15, 0.2) is 0 Å². The molecule has 0 fully saturated rings. The van der Waals surface area contributed by atoms with Gasteiger partial charge < -0.3 is 14.7 Å². The highest BCUT2D eigenvalue weighted by Crippen LogP contribution is 2.37. The van der Waals surface area contributed by atoms with Crippen molar-refractivity contribution in [2.24, 2.45) is 0 Å². The number of phenols is 1. The number of ether oxygens (including phenoxy) is 1. The second kappa shape index (κ2) is 7.35. The van der Waals surface area contributed by atoms with Gasteiger partial charge in [-0.2, -0.15) is 0 Å². The molecule has 6 nitrogen and oxygen atoms in total. The number of hydrogen-bond acceptors (Lipinski definition) is 5. The van der Waals surface area contributed by atoms with Crippen LogP contribution in [0.5, 0.6) is 5.75 Å². The first kappa shape index (κ1) is 18.6. The van der Waals surface area contributed by atoms with Crippen LogP contribution in [0.4, 0.5) is 10.1 Å². The topological polar surface area (TPSA) is 79.7 Å². The van der Waals surface area contributed by atoms with Crippen molar-refractivity contribution in [2.75, 3.05) is 11.5 Å². The first-order chi connectivity index (χ1) is 14.0. The summed E-state index contributed by atoms with van der Waals surface area (Å²) < 4.78 is 18.2. The summed E-state index contributed by atoms with van der Waals surface area (Å²) in [6, 6.07) is 11.7. The van der Waals surface area contributed by atoms with Gasteiger partial charge in [-0.15, -0.1) is 0 Å². The summed E-state index contributed by atoms with van der Waals surface area (Å²) in [5, 5.41) is 10.5. The SMILES string of the molecule is CCOC(=O)c1ccc(-c2nccc3c2CN(c2ccc(F)cc2)C3=O)c(O)c1. The lowest BCUT2D eigenvalue weighted by Crippen LogP contribution is -2.22. The third-order valence-corrected chi connectivity index (χ3v) is 4.75. The number of nitrogens with zero attached hydrogens (tertiary/aromatic N) is 2. The molecule has 0 saturated heterocycles. The Morgan fingerprint density at radius 1 is 1.17 bits per heavy atom. The van der Waals surface area contributed by atoms with E-state index in [9.17, 15) is 19.1 Å². The first-order valence-corrected chi connectivity index (χ1v) is 9.05. The maximum absolute atomic E-state index is 13.2. The van der Waals surface area contributed by atoms with Crippen LogP contribution in [-0.4, -0.2) is 28.6 Å². The number of esters is 1. The molecule has 2 aromatic carbocycles. The molecule has 29 heavy (non-hydrogen) atoms. The van der Waals surface area contributed by atoms with E-state index in [0.717, 1.165) is 0 Å². The van der Waals surface area contributed by atoms with Crippen molar-refractivity contribution in [3.63, 3.8) is 0 Å². The fourth-order valence-electron chi connectivity index (χ4n) is 3.36. The van der Waals surface area contributed by atoms with E-state index in [4.69, 9.17) is 4.74 Å². The number of anilines is 1. The van der Waals surface area contributed by atoms with E-state index in [1.807, 2.05) is 0 Å². The van der Waals surface area contributed by atoms with Gasteiger partial charge in [-0.25, -0.2) is 9.18 Å². The molecule has 1 aliphatic heterocycles. The summed E-state index contributed by atoms with van der Waals surface area (Å²) in [6.45, 7) is 2.17. The maximum atomic E-state index is 13.2. The van der Waals surface area contributed by atoms with Crippen LogP contribution in [-0.2, 0) is 11.3 Å². The Balaban J connectivity index is 1.72. The van der Waals surface area contributed by atoms with Crippen molar-refractivity contribution in [2.45, 2.75) is 13.5 Å². The normalized spacial score (nSPS) is 12.8. The van der Waals surface area contributed by atoms with Crippen LogP contribution in [0, 0.1) is 5.82 Å². The minimum absolute atomic E-state index is 0.135. The second-order valence-electron chi connectivity index (χ2n) is 6.51. The highest BCUT2D eigenvalue weighted by molar-refractivity contribution is 6.11. The molecule has 0 radical (unpaired) electrons. The van der Waals surface area contributed by atoms with Crippen molar-refractivity contribution in [1.82, 2.24) is 4.98 Å². The number of fused-ring (bicyclic) bond motifs is 1. The largest absolute Gasteiger partial charge is 0.507 e. The highest BCUT2D eigenvalue weighted by atomic mass is 19.1. The van der Waals surface area contributed by atoms with Gasteiger partial charge in [0.2, 0.25) is 0 Å². The minimum Gasteiger partial charge on any atom is -0.507 e. The molecular formula is C22H17FN2O4. The number of carbonyl (C=O) groups excluding carboxylic acids is 2. The average Bonchev–Trinajstić information content (AvgIpc) is 3.06. The summed E-state index contributed by atoms with van der Waals surface area (Å²) >= 11 is 0. The third-order valence-electron chi connectivity index (χ3n) is 4.75. The molecule has 0 atom stereocenters. The summed E-state index contributed by atoms with van der Waals surface area (Å²) in [5.41, 5.74) is 2.77. The summed E-state index contributed by atoms with van der Waals surface area (Å²) in [6.07, 6.45) is 1.50. The third kappa shape index (κ3) is 3.31. The number of pyridine rings is 1.